The molecule has 2 aliphatic heterocycles. The van der Waals surface area contributed by atoms with Crippen LogP contribution in [-0.2, 0) is 9.63 Å². The van der Waals surface area contributed by atoms with Crippen molar-refractivity contribution in [2.75, 3.05) is 13.2 Å². The largest absolute Gasteiger partial charge is 0.493 e. The lowest BCUT2D eigenvalue weighted by Gasteiger charge is -2.31. The molecule has 0 saturated carbocycles. The Kier molecular flexibility index (Phi) is 2.52. The van der Waals surface area contributed by atoms with E-state index in [9.17, 15) is 4.79 Å². The first kappa shape index (κ1) is 10.6. The maximum absolute atomic E-state index is 11.8. The second-order valence-electron chi connectivity index (χ2n) is 4.42. The number of hydrogen-bond acceptors (Lipinski definition) is 3. The van der Waals surface area contributed by atoms with E-state index in [-0.39, 0.29) is 17.9 Å². The quantitative estimate of drug-likeness (QED) is 0.744. The first-order chi connectivity index (χ1) is 8.31. The Morgan fingerprint density at radius 2 is 2.24 bits per heavy atom. The number of hydroxylamine groups is 2. The van der Waals surface area contributed by atoms with Crippen molar-refractivity contribution in [1.29, 1.82) is 0 Å². The van der Waals surface area contributed by atoms with Gasteiger partial charge in [0.05, 0.1) is 19.3 Å². The van der Waals surface area contributed by atoms with Gasteiger partial charge >= 0.3 is 0 Å². The van der Waals surface area contributed by atoms with Gasteiger partial charge in [-0.1, -0.05) is 25.1 Å². The number of rotatable bonds is 1. The third-order valence-electron chi connectivity index (χ3n) is 3.37. The molecule has 0 radical (unpaired) electrons. The lowest BCUT2D eigenvalue weighted by molar-refractivity contribution is -0.176. The third kappa shape index (κ3) is 1.60. The van der Waals surface area contributed by atoms with E-state index >= 15 is 0 Å². The summed E-state index contributed by atoms with van der Waals surface area (Å²) in [7, 11) is 0. The number of hydrogen-bond donors (Lipinski definition) is 0. The molecule has 2 heterocycles. The predicted octanol–water partition coefficient (Wildman–Crippen LogP) is 1.92. The number of nitrogens with zero attached hydrogens (tertiary/aromatic N) is 1. The maximum atomic E-state index is 11.8. The van der Waals surface area contributed by atoms with Gasteiger partial charge in [-0.15, -0.1) is 0 Å². The fraction of sp³-hybridized carbons (Fsp3) is 0.462. The highest BCUT2D eigenvalue weighted by Gasteiger charge is 2.43. The molecule has 0 spiro atoms. The van der Waals surface area contributed by atoms with Crippen molar-refractivity contribution in [3.05, 3.63) is 29.8 Å². The summed E-state index contributed by atoms with van der Waals surface area (Å²) in [6.45, 7) is 3.03. The number of para-hydroxylation sites is 1. The summed E-state index contributed by atoms with van der Waals surface area (Å²) in [5, 5.41) is 1.53. The summed E-state index contributed by atoms with van der Waals surface area (Å²) in [6, 6.07) is 7.89. The van der Waals surface area contributed by atoms with Gasteiger partial charge in [0.1, 0.15) is 5.75 Å². The second kappa shape index (κ2) is 4.04. The van der Waals surface area contributed by atoms with Crippen LogP contribution < -0.4 is 4.74 Å². The molecule has 0 unspecified atom stereocenters. The monoisotopic (exact) mass is 233 g/mol. The van der Waals surface area contributed by atoms with Crippen molar-refractivity contribution in [3.8, 4) is 5.75 Å². The highest BCUT2D eigenvalue weighted by Crippen LogP contribution is 2.43. The molecule has 0 aromatic heterocycles. The van der Waals surface area contributed by atoms with Gasteiger partial charge in [0.2, 0.25) is 5.91 Å². The first-order valence-electron chi connectivity index (χ1n) is 5.98. The van der Waals surface area contributed by atoms with Crippen LogP contribution in [0.5, 0.6) is 5.75 Å². The molecule has 2 atom stereocenters. The van der Waals surface area contributed by atoms with Crippen LogP contribution in [0.25, 0.3) is 0 Å². The molecule has 0 aliphatic carbocycles. The predicted molar refractivity (Wildman–Crippen MR) is 61.3 cm³/mol. The summed E-state index contributed by atoms with van der Waals surface area (Å²) < 4.78 is 5.68. The van der Waals surface area contributed by atoms with Crippen LogP contribution in [0.2, 0.25) is 0 Å². The summed E-state index contributed by atoms with van der Waals surface area (Å²) in [5.74, 6) is 1.16. The van der Waals surface area contributed by atoms with Gasteiger partial charge in [-0.25, -0.2) is 5.06 Å². The van der Waals surface area contributed by atoms with Gasteiger partial charge in [0, 0.05) is 17.9 Å². The lowest BCUT2D eigenvalue weighted by Crippen LogP contribution is -2.34. The molecule has 0 N–H and O–H groups in total. The van der Waals surface area contributed by atoms with Crippen molar-refractivity contribution in [1.82, 2.24) is 5.06 Å². The number of ether oxygens (including phenoxy) is 1. The van der Waals surface area contributed by atoms with E-state index in [0.717, 1.165) is 11.3 Å². The van der Waals surface area contributed by atoms with Crippen LogP contribution >= 0.6 is 0 Å². The summed E-state index contributed by atoms with van der Waals surface area (Å²) in [5.41, 5.74) is 1.06. The number of amides is 1. The maximum Gasteiger partial charge on any atom is 0.246 e. The van der Waals surface area contributed by atoms with Crippen molar-refractivity contribution >= 4 is 5.91 Å². The molecule has 1 aromatic rings. The molecular formula is C13H15NO3. The smallest absolute Gasteiger partial charge is 0.246 e. The Morgan fingerprint density at radius 3 is 3.06 bits per heavy atom. The van der Waals surface area contributed by atoms with Crippen molar-refractivity contribution in [2.24, 2.45) is 5.92 Å². The molecular weight excluding hydrogens is 218 g/mol. The second-order valence-corrected chi connectivity index (χ2v) is 4.42. The van der Waals surface area contributed by atoms with Crippen LogP contribution in [0.3, 0.4) is 0 Å². The summed E-state index contributed by atoms with van der Waals surface area (Å²) in [6.07, 6.45) is 0.465. The minimum absolute atomic E-state index is 0.0207. The minimum Gasteiger partial charge on any atom is -0.493 e. The average Bonchev–Trinajstić information content (AvgIpc) is 2.82. The Morgan fingerprint density at radius 1 is 1.41 bits per heavy atom. The van der Waals surface area contributed by atoms with Crippen LogP contribution in [-0.4, -0.2) is 24.2 Å². The van der Waals surface area contributed by atoms with Crippen molar-refractivity contribution < 1.29 is 14.4 Å². The Bertz CT molecular complexity index is 446. The van der Waals surface area contributed by atoms with Gasteiger partial charge in [-0.2, -0.15) is 0 Å². The molecule has 1 saturated heterocycles. The summed E-state index contributed by atoms with van der Waals surface area (Å²) in [4.78, 5) is 17.4. The van der Waals surface area contributed by atoms with Crippen LogP contribution in [0.1, 0.15) is 24.9 Å². The van der Waals surface area contributed by atoms with Crippen molar-refractivity contribution in [2.45, 2.75) is 19.4 Å². The van der Waals surface area contributed by atoms with Gasteiger partial charge in [-0.05, 0) is 6.07 Å². The molecule has 90 valence electrons. The third-order valence-corrected chi connectivity index (χ3v) is 3.37. The Hall–Kier alpha value is -1.55. The van der Waals surface area contributed by atoms with Gasteiger partial charge in [0.25, 0.3) is 0 Å². The van der Waals surface area contributed by atoms with E-state index in [1.807, 2.05) is 31.2 Å². The van der Waals surface area contributed by atoms with E-state index in [1.165, 1.54) is 5.06 Å². The van der Waals surface area contributed by atoms with E-state index in [0.29, 0.717) is 19.6 Å². The number of carbonyl (C=O) groups is 1. The highest BCUT2D eigenvalue weighted by molar-refractivity contribution is 5.75. The van der Waals surface area contributed by atoms with Gasteiger partial charge < -0.3 is 4.74 Å². The molecule has 0 bridgehead atoms. The molecule has 4 nitrogen and oxygen atoms in total. The zero-order valence-electron chi connectivity index (χ0n) is 9.76. The van der Waals surface area contributed by atoms with E-state index in [4.69, 9.17) is 9.57 Å². The van der Waals surface area contributed by atoms with Crippen LogP contribution in [0.4, 0.5) is 0 Å². The molecule has 4 heteroatoms. The van der Waals surface area contributed by atoms with Gasteiger partial charge in [-0.3, -0.25) is 9.63 Å². The lowest BCUT2D eigenvalue weighted by atomic mass is 9.92. The molecule has 3 rings (SSSR count). The number of benzene rings is 1. The van der Waals surface area contributed by atoms with Crippen LogP contribution in [0.15, 0.2) is 24.3 Å². The summed E-state index contributed by atoms with van der Waals surface area (Å²) >= 11 is 0. The number of fused-ring (bicyclic) bond motifs is 3. The topological polar surface area (TPSA) is 38.8 Å². The standard InChI is InChI=1S/C13H15NO3/c1-2-12(15)14-13-9(8-17-14)7-16-11-6-4-3-5-10(11)13/h3-6,9,13H,2,7-8H2,1H3/t9-,13+/m0/s1. The average molecular weight is 233 g/mol. The zero-order valence-corrected chi connectivity index (χ0v) is 9.76. The van der Waals surface area contributed by atoms with Crippen LogP contribution in [0, 0.1) is 5.92 Å². The zero-order chi connectivity index (χ0) is 11.8. The molecule has 1 amide bonds. The van der Waals surface area contributed by atoms with Gasteiger partial charge in [0.15, 0.2) is 0 Å². The SMILES string of the molecule is CCC(=O)N1OC[C@@H]2COc3ccccc3[C@@H]21. The molecule has 17 heavy (non-hydrogen) atoms. The highest BCUT2D eigenvalue weighted by atomic mass is 16.7. The normalized spacial score (nSPS) is 26.1. The van der Waals surface area contributed by atoms with E-state index < -0.39 is 0 Å². The first-order valence-corrected chi connectivity index (χ1v) is 5.98. The minimum atomic E-state index is 0.0207. The van der Waals surface area contributed by atoms with Crippen molar-refractivity contribution in [3.63, 3.8) is 0 Å². The van der Waals surface area contributed by atoms with E-state index in [1.54, 1.807) is 0 Å². The Labute approximate surface area is 100 Å². The fourth-order valence-electron chi connectivity index (χ4n) is 2.49. The molecule has 1 fully saturated rings. The molecule has 1 aromatic carbocycles. The van der Waals surface area contributed by atoms with E-state index in [2.05, 4.69) is 0 Å². The molecule has 2 aliphatic rings. The fourth-order valence-corrected chi connectivity index (χ4v) is 2.49. The number of carbonyl (C=O) groups excluding carboxylic acids is 1. The Balaban J connectivity index is 1.99.